The molecule has 0 amide bonds. The summed E-state index contributed by atoms with van der Waals surface area (Å²) in [5.41, 5.74) is 4.10. The molecule has 0 radical (unpaired) electrons. The summed E-state index contributed by atoms with van der Waals surface area (Å²) in [7, 11) is 1.96. The monoisotopic (exact) mass is 341 g/mol. The number of aromatic nitrogens is 2. The molecule has 1 atom stereocenters. The quantitative estimate of drug-likeness (QED) is 0.782. The molecule has 1 heterocycles. The van der Waals surface area contributed by atoms with E-state index < -0.39 is 0 Å². The van der Waals surface area contributed by atoms with Gasteiger partial charge in [0.2, 0.25) is 0 Å². The molecule has 21 heavy (non-hydrogen) atoms. The average molecular weight is 342 g/mol. The fourth-order valence-corrected chi connectivity index (χ4v) is 2.84. The smallest absolute Gasteiger partial charge is 0.0890 e. The normalized spacial score (nSPS) is 12.5. The lowest BCUT2D eigenvalue weighted by Gasteiger charge is -2.16. The van der Waals surface area contributed by atoms with Crippen molar-refractivity contribution >= 4 is 27.0 Å². The molecule has 1 N–H and O–H groups in total. The highest BCUT2D eigenvalue weighted by atomic mass is 79.9. The van der Waals surface area contributed by atoms with Crippen LogP contribution in [0.15, 0.2) is 59.2 Å². The average Bonchev–Trinajstić information content (AvgIpc) is 2.52. The summed E-state index contributed by atoms with van der Waals surface area (Å²) < 4.78 is 1.10. The minimum atomic E-state index is 0.149. The van der Waals surface area contributed by atoms with Crippen molar-refractivity contribution in [1.82, 2.24) is 15.3 Å². The number of hydrogen-bond acceptors (Lipinski definition) is 3. The Hall–Kier alpha value is -1.78. The molecular weight excluding hydrogens is 326 g/mol. The van der Waals surface area contributed by atoms with Crippen molar-refractivity contribution in [2.24, 2.45) is 0 Å². The van der Waals surface area contributed by atoms with E-state index in [1.54, 1.807) is 0 Å². The van der Waals surface area contributed by atoms with Crippen molar-refractivity contribution < 1.29 is 0 Å². The Bertz CT molecular complexity index is 758. The lowest BCUT2D eigenvalue weighted by molar-refractivity contribution is 0.575. The predicted molar refractivity (Wildman–Crippen MR) is 89.2 cm³/mol. The van der Waals surface area contributed by atoms with Gasteiger partial charge in [-0.05, 0) is 43.3 Å². The Morgan fingerprint density at radius 3 is 2.67 bits per heavy atom. The molecule has 1 aromatic heterocycles. The second-order valence-corrected chi connectivity index (χ2v) is 5.87. The van der Waals surface area contributed by atoms with Crippen LogP contribution in [0.4, 0.5) is 0 Å². The maximum atomic E-state index is 4.73. The summed E-state index contributed by atoms with van der Waals surface area (Å²) in [5, 5.41) is 3.33. The topological polar surface area (TPSA) is 37.8 Å². The van der Waals surface area contributed by atoms with E-state index in [1.807, 2.05) is 43.6 Å². The zero-order valence-corrected chi connectivity index (χ0v) is 13.3. The highest BCUT2D eigenvalue weighted by Crippen LogP contribution is 2.20. The van der Waals surface area contributed by atoms with E-state index in [0.29, 0.717) is 0 Å². The van der Waals surface area contributed by atoms with Crippen molar-refractivity contribution in [2.45, 2.75) is 12.5 Å². The van der Waals surface area contributed by atoms with Gasteiger partial charge in [-0.2, -0.15) is 0 Å². The molecule has 0 spiro atoms. The van der Waals surface area contributed by atoms with Gasteiger partial charge >= 0.3 is 0 Å². The van der Waals surface area contributed by atoms with Crippen molar-refractivity contribution in [1.29, 1.82) is 0 Å². The van der Waals surface area contributed by atoms with Gasteiger partial charge < -0.3 is 5.32 Å². The van der Waals surface area contributed by atoms with Crippen molar-refractivity contribution in [3.8, 4) is 0 Å². The maximum Gasteiger partial charge on any atom is 0.0890 e. The lowest BCUT2D eigenvalue weighted by atomic mass is 10.0. The Morgan fingerprint density at radius 2 is 1.90 bits per heavy atom. The van der Waals surface area contributed by atoms with Gasteiger partial charge in [-0.15, -0.1) is 0 Å². The molecule has 1 unspecified atom stereocenters. The zero-order valence-electron chi connectivity index (χ0n) is 11.8. The fraction of sp³-hybridized carbons (Fsp3) is 0.176. The van der Waals surface area contributed by atoms with E-state index >= 15 is 0 Å². The van der Waals surface area contributed by atoms with Gasteiger partial charge in [0.25, 0.3) is 0 Å². The standard InChI is InChI=1S/C17H16BrN3/c1-19-16(10-12-5-4-6-13(18)9-12)17-11-20-14-7-2-3-8-15(14)21-17/h2-9,11,16,19H,10H2,1H3. The number of fused-ring (bicyclic) bond motifs is 1. The molecule has 106 valence electrons. The van der Waals surface area contributed by atoms with Crippen molar-refractivity contribution in [3.05, 3.63) is 70.5 Å². The molecule has 0 saturated carbocycles. The Labute approximate surface area is 132 Å². The number of para-hydroxylation sites is 2. The van der Waals surface area contributed by atoms with Gasteiger partial charge in [-0.25, -0.2) is 4.98 Å². The van der Waals surface area contributed by atoms with Crippen LogP contribution in [0.25, 0.3) is 11.0 Å². The van der Waals surface area contributed by atoms with Gasteiger partial charge in [0.05, 0.1) is 29.0 Å². The summed E-state index contributed by atoms with van der Waals surface area (Å²) in [6, 6.07) is 16.5. The third-order valence-corrected chi connectivity index (χ3v) is 3.99. The molecule has 4 heteroatoms. The van der Waals surface area contributed by atoms with E-state index in [-0.39, 0.29) is 6.04 Å². The molecule has 0 aliphatic heterocycles. The molecule has 0 bridgehead atoms. The Kier molecular flexibility index (Phi) is 4.27. The van der Waals surface area contributed by atoms with Gasteiger partial charge in [0, 0.05) is 4.47 Å². The third-order valence-electron chi connectivity index (χ3n) is 3.50. The number of nitrogens with one attached hydrogen (secondary N) is 1. The highest BCUT2D eigenvalue weighted by molar-refractivity contribution is 9.10. The first-order chi connectivity index (χ1) is 10.3. The molecule has 0 aliphatic carbocycles. The van der Waals surface area contributed by atoms with Crippen LogP contribution in [0.3, 0.4) is 0 Å². The van der Waals surface area contributed by atoms with Crippen molar-refractivity contribution in [3.63, 3.8) is 0 Å². The van der Waals surface area contributed by atoms with Crippen LogP contribution in [0.2, 0.25) is 0 Å². The van der Waals surface area contributed by atoms with Gasteiger partial charge in [0.1, 0.15) is 0 Å². The minimum absolute atomic E-state index is 0.149. The summed E-state index contributed by atoms with van der Waals surface area (Å²) in [6.45, 7) is 0. The van der Waals surface area contributed by atoms with Crippen LogP contribution in [0, 0.1) is 0 Å². The SMILES string of the molecule is CNC(Cc1cccc(Br)c1)c1cnc2ccccc2n1. The van der Waals surface area contributed by atoms with Gasteiger partial charge in [-0.3, -0.25) is 4.98 Å². The first-order valence-electron chi connectivity index (χ1n) is 6.89. The molecule has 3 rings (SSSR count). The number of halogens is 1. The maximum absolute atomic E-state index is 4.73. The van der Waals surface area contributed by atoms with Gasteiger partial charge in [0.15, 0.2) is 0 Å². The second kappa shape index (κ2) is 6.33. The van der Waals surface area contributed by atoms with Crippen LogP contribution < -0.4 is 5.32 Å². The Morgan fingerprint density at radius 1 is 1.10 bits per heavy atom. The predicted octanol–water partition coefficient (Wildman–Crippen LogP) is 3.90. The van der Waals surface area contributed by atoms with Gasteiger partial charge in [-0.1, -0.05) is 40.2 Å². The van der Waals surface area contributed by atoms with E-state index in [1.165, 1.54) is 5.56 Å². The minimum Gasteiger partial charge on any atom is -0.311 e. The Balaban J connectivity index is 1.90. The number of benzene rings is 2. The molecule has 3 aromatic rings. The largest absolute Gasteiger partial charge is 0.311 e. The van der Waals surface area contributed by atoms with Crippen LogP contribution in [0.1, 0.15) is 17.3 Å². The van der Waals surface area contributed by atoms with Crippen molar-refractivity contribution in [2.75, 3.05) is 7.05 Å². The van der Waals surface area contributed by atoms with Crippen LogP contribution in [-0.2, 0) is 6.42 Å². The number of nitrogens with zero attached hydrogens (tertiary/aromatic N) is 2. The summed E-state index contributed by atoms with van der Waals surface area (Å²) in [4.78, 5) is 9.23. The van der Waals surface area contributed by atoms with E-state index in [9.17, 15) is 0 Å². The molecule has 0 saturated heterocycles. The molecule has 2 aromatic carbocycles. The van der Waals surface area contributed by atoms with Crippen LogP contribution >= 0.6 is 15.9 Å². The zero-order chi connectivity index (χ0) is 14.7. The van der Waals surface area contributed by atoms with Crippen LogP contribution in [-0.4, -0.2) is 17.0 Å². The molecule has 0 fully saturated rings. The second-order valence-electron chi connectivity index (χ2n) is 4.96. The number of likely N-dealkylation sites (N-methyl/N-ethyl adjacent to an activating group) is 1. The fourth-order valence-electron chi connectivity index (χ4n) is 2.39. The molecule has 3 nitrogen and oxygen atoms in total. The first kappa shape index (κ1) is 14.2. The van der Waals surface area contributed by atoms with E-state index in [0.717, 1.165) is 27.6 Å². The van der Waals surface area contributed by atoms with E-state index in [4.69, 9.17) is 4.98 Å². The van der Waals surface area contributed by atoms with E-state index in [2.05, 4.69) is 44.4 Å². The summed E-state index contributed by atoms with van der Waals surface area (Å²) >= 11 is 3.51. The number of rotatable bonds is 4. The third kappa shape index (κ3) is 3.28. The summed E-state index contributed by atoms with van der Waals surface area (Å²) in [5.74, 6) is 0. The first-order valence-corrected chi connectivity index (χ1v) is 7.69. The highest BCUT2D eigenvalue weighted by Gasteiger charge is 2.13. The van der Waals surface area contributed by atoms with Crippen LogP contribution in [0.5, 0.6) is 0 Å². The molecule has 0 aliphatic rings. The number of hydrogen-bond donors (Lipinski definition) is 1. The lowest BCUT2D eigenvalue weighted by Crippen LogP contribution is -2.20. The summed E-state index contributed by atoms with van der Waals surface area (Å²) in [6.07, 6.45) is 2.74. The molecular formula is C17H16BrN3.